The molecule has 0 spiro atoms. The van der Waals surface area contributed by atoms with Crippen LogP contribution in [0, 0.1) is 0 Å². The third kappa shape index (κ3) is 7.77. The Balaban J connectivity index is 0.000000443. The van der Waals surface area contributed by atoms with Gasteiger partial charge in [0.15, 0.2) is 0 Å². The van der Waals surface area contributed by atoms with Crippen molar-refractivity contribution in [3.8, 4) is 0 Å². The van der Waals surface area contributed by atoms with Crippen LogP contribution in [0.5, 0.6) is 0 Å². The van der Waals surface area contributed by atoms with Gasteiger partial charge in [-0.3, -0.25) is 0 Å². The lowest BCUT2D eigenvalue weighted by Crippen LogP contribution is -2.28. The monoisotopic (exact) mass is 348 g/mol. The maximum Gasteiger partial charge on any atom is 0.0940 e. The van der Waals surface area contributed by atoms with Crippen molar-refractivity contribution in [2.45, 2.75) is 38.1 Å². The molecule has 5 nitrogen and oxygen atoms in total. The van der Waals surface area contributed by atoms with Crippen LogP contribution in [0.3, 0.4) is 0 Å². The van der Waals surface area contributed by atoms with Crippen molar-refractivity contribution in [2.75, 3.05) is 14.1 Å². The number of aliphatic hydroxyl groups is 2. The Morgan fingerprint density at radius 3 is 1.16 bits per heavy atom. The molecule has 6 N–H and O–H groups in total. The summed E-state index contributed by atoms with van der Waals surface area (Å²) in [4.78, 5) is 0. The Hall–Kier alpha value is -1.76. The van der Waals surface area contributed by atoms with E-state index in [1.54, 1.807) is 0 Å². The minimum atomic E-state index is -0.420. The molecule has 4 unspecified atom stereocenters. The lowest BCUT2D eigenvalue weighted by atomic mass is 10.0. The van der Waals surface area contributed by atoms with Crippen molar-refractivity contribution < 1.29 is 15.7 Å². The van der Waals surface area contributed by atoms with Crippen LogP contribution in [0.15, 0.2) is 60.7 Å². The van der Waals surface area contributed by atoms with Gasteiger partial charge in [-0.15, -0.1) is 0 Å². The Labute approximate surface area is 151 Å². The Morgan fingerprint density at radius 2 is 0.920 bits per heavy atom. The van der Waals surface area contributed by atoms with Crippen LogP contribution in [0.4, 0.5) is 0 Å². The van der Waals surface area contributed by atoms with Gasteiger partial charge in [-0.2, -0.15) is 0 Å². The lowest BCUT2D eigenvalue weighted by molar-refractivity contribution is 0.140. The van der Waals surface area contributed by atoms with Crippen molar-refractivity contribution in [2.24, 2.45) is 0 Å². The molecule has 0 aromatic heterocycles. The first-order valence-electron chi connectivity index (χ1n) is 8.31. The summed E-state index contributed by atoms with van der Waals surface area (Å²) >= 11 is 0. The number of hydrogen-bond donors (Lipinski definition) is 4. The fourth-order valence-corrected chi connectivity index (χ4v) is 2.19. The van der Waals surface area contributed by atoms with Crippen LogP contribution >= 0.6 is 0 Å². The van der Waals surface area contributed by atoms with Crippen molar-refractivity contribution in [3.05, 3.63) is 71.8 Å². The van der Waals surface area contributed by atoms with E-state index in [1.165, 1.54) is 0 Å². The highest BCUT2D eigenvalue weighted by Gasteiger charge is 2.13. The second kappa shape index (κ2) is 12.6. The first-order chi connectivity index (χ1) is 11.5. The second-order valence-electron chi connectivity index (χ2n) is 5.87. The molecule has 0 amide bonds. The minimum Gasteiger partial charge on any atom is -0.412 e. The van der Waals surface area contributed by atoms with Gasteiger partial charge in [-0.25, -0.2) is 0 Å². The molecule has 0 bridgehead atoms. The summed E-state index contributed by atoms with van der Waals surface area (Å²) in [5, 5.41) is 25.5. The standard InChI is InChI=1S/2C10H15NO.H2O/c2*1-8(11-2)10(12)9-6-4-3-5-7-9;/h2*3-8,10-12H,1-2H3;1H2. The zero-order valence-electron chi connectivity index (χ0n) is 15.5. The number of hydrogen-bond acceptors (Lipinski definition) is 4. The molecule has 0 saturated carbocycles. The molecule has 2 aromatic carbocycles. The van der Waals surface area contributed by atoms with Crippen LogP contribution in [0.25, 0.3) is 0 Å². The first-order valence-corrected chi connectivity index (χ1v) is 8.31. The van der Waals surface area contributed by atoms with E-state index in [0.717, 1.165) is 11.1 Å². The number of aliphatic hydroxyl groups excluding tert-OH is 2. The van der Waals surface area contributed by atoms with E-state index < -0.39 is 12.2 Å². The Morgan fingerprint density at radius 1 is 0.640 bits per heavy atom. The molecule has 0 aliphatic heterocycles. The summed E-state index contributed by atoms with van der Waals surface area (Å²) in [6, 6.07) is 19.5. The van der Waals surface area contributed by atoms with Gasteiger partial charge in [0.2, 0.25) is 0 Å². The third-order valence-electron chi connectivity index (χ3n) is 4.14. The van der Waals surface area contributed by atoms with E-state index in [0.29, 0.717) is 0 Å². The van der Waals surface area contributed by atoms with E-state index in [2.05, 4.69) is 10.6 Å². The van der Waals surface area contributed by atoms with Crippen LogP contribution in [-0.4, -0.2) is 41.9 Å². The number of likely N-dealkylation sites (N-methyl/N-ethyl adjacent to an activating group) is 2. The van der Waals surface area contributed by atoms with Gasteiger partial charge in [-0.1, -0.05) is 60.7 Å². The number of rotatable bonds is 6. The molecular formula is C20H32N2O3. The van der Waals surface area contributed by atoms with E-state index in [-0.39, 0.29) is 17.6 Å². The second-order valence-corrected chi connectivity index (χ2v) is 5.87. The summed E-state index contributed by atoms with van der Waals surface area (Å²) in [5.41, 5.74) is 1.92. The largest absolute Gasteiger partial charge is 0.412 e. The van der Waals surface area contributed by atoms with Gasteiger partial charge in [0.05, 0.1) is 12.2 Å². The van der Waals surface area contributed by atoms with Crippen LogP contribution < -0.4 is 10.6 Å². The smallest absolute Gasteiger partial charge is 0.0940 e. The molecule has 5 heteroatoms. The Kier molecular flexibility index (Phi) is 11.7. The highest BCUT2D eigenvalue weighted by molar-refractivity contribution is 5.19. The summed E-state index contributed by atoms with van der Waals surface area (Å²) in [6.07, 6.45) is -0.840. The molecule has 2 rings (SSSR count). The van der Waals surface area contributed by atoms with Gasteiger partial charge in [0, 0.05) is 12.1 Å². The van der Waals surface area contributed by atoms with Crippen molar-refractivity contribution >= 4 is 0 Å². The normalized spacial score (nSPS) is 15.0. The van der Waals surface area contributed by atoms with Gasteiger partial charge in [0.1, 0.15) is 0 Å². The molecule has 0 aliphatic carbocycles. The predicted octanol–water partition coefficient (Wildman–Crippen LogP) is 1.83. The molecule has 0 fully saturated rings. The van der Waals surface area contributed by atoms with E-state index in [1.807, 2.05) is 88.6 Å². The average molecular weight is 348 g/mol. The molecule has 0 radical (unpaired) electrons. The van der Waals surface area contributed by atoms with Crippen molar-refractivity contribution in [3.63, 3.8) is 0 Å². The van der Waals surface area contributed by atoms with Crippen LogP contribution in [0.2, 0.25) is 0 Å². The summed E-state index contributed by atoms with van der Waals surface area (Å²) in [6.45, 7) is 3.91. The van der Waals surface area contributed by atoms with Gasteiger partial charge in [0.25, 0.3) is 0 Å². The predicted molar refractivity (Wildman–Crippen MR) is 103 cm³/mol. The summed E-state index contributed by atoms with van der Waals surface area (Å²) in [5.74, 6) is 0. The molecule has 0 heterocycles. The van der Waals surface area contributed by atoms with Crippen LogP contribution in [-0.2, 0) is 0 Å². The zero-order valence-corrected chi connectivity index (χ0v) is 15.5. The maximum absolute atomic E-state index is 9.73. The van der Waals surface area contributed by atoms with Gasteiger partial charge < -0.3 is 26.3 Å². The summed E-state index contributed by atoms with van der Waals surface area (Å²) < 4.78 is 0. The summed E-state index contributed by atoms with van der Waals surface area (Å²) in [7, 11) is 3.69. The Bertz CT molecular complexity index is 500. The van der Waals surface area contributed by atoms with Crippen molar-refractivity contribution in [1.82, 2.24) is 10.6 Å². The minimum absolute atomic E-state index is 0. The molecule has 25 heavy (non-hydrogen) atoms. The molecule has 0 aliphatic rings. The van der Waals surface area contributed by atoms with E-state index in [4.69, 9.17) is 0 Å². The molecule has 0 saturated heterocycles. The molecule has 140 valence electrons. The zero-order chi connectivity index (χ0) is 17.9. The van der Waals surface area contributed by atoms with E-state index >= 15 is 0 Å². The van der Waals surface area contributed by atoms with Crippen molar-refractivity contribution in [1.29, 1.82) is 0 Å². The third-order valence-corrected chi connectivity index (χ3v) is 4.14. The quantitative estimate of drug-likeness (QED) is 0.640. The molecular weight excluding hydrogens is 316 g/mol. The van der Waals surface area contributed by atoms with Crippen LogP contribution in [0.1, 0.15) is 37.2 Å². The maximum atomic E-state index is 9.73. The average Bonchev–Trinajstić information content (AvgIpc) is 2.67. The lowest BCUT2D eigenvalue weighted by Gasteiger charge is -2.17. The molecule has 4 atom stereocenters. The SMILES string of the molecule is CNC(C)C(O)c1ccccc1.CNC(C)C(O)c1ccccc1.O. The topological polar surface area (TPSA) is 96.0 Å². The fraction of sp³-hybridized carbons (Fsp3) is 0.400. The van der Waals surface area contributed by atoms with Gasteiger partial charge >= 0.3 is 0 Å². The fourth-order valence-electron chi connectivity index (χ4n) is 2.19. The number of benzene rings is 2. The molecule has 2 aromatic rings. The highest BCUT2D eigenvalue weighted by Crippen LogP contribution is 2.16. The highest BCUT2D eigenvalue weighted by atomic mass is 16.3. The van der Waals surface area contributed by atoms with Gasteiger partial charge in [-0.05, 0) is 39.1 Å². The van der Waals surface area contributed by atoms with E-state index in [9.17, 15) is 10.2 Å². The number of nitrogens with one attached hydrogen (secondary N) is 2. The first kappa shape index (κ1) is 23.2.